The van der Waals surface area contributed by atoms with Gasteiger partial charge in [-0.15, -0.1) is 11.8 Å². The third-order valence-corrected chi connectivity index (χ3v) is 3.05. The van der Waals surface area contributed by atoms with Crippen LogP contribution in [0.25, 0.3) is 0 Å². The van der Waals surface area contributed by atoms with Crippen molar-refractivity contribution >= 4 is 29.6 Å². The average molecular weight is 270 g/mol. The molecule has 0 aliphatic rings. The number of hydrogen-bond acceptors (Lipinski definition) is 3. The first kappa shape index (κ1) is 13.3. The Morgan fingerprint density at radius 2 is 2.19 bits per heavy atom. The summed E-state index contributed by atoms with van der Waals surface area (Å²) in [4.78, 5) is 13.7. The van der Waals surface area contributed by atoms with E-state index in [1.54, 1.807) is 0 Å². The van der Waals surface area contributed by atoms with E-state index in [-0.39, 0.29) is 5.02 Å². The smallest absolute Gasteiger partial charge is 0.303 e. The number of alkyl halides is 3. The SMILES string of the molecule is O=CCCSc1ncc(C(F)(F)F)cc1Cl. The van der Waals surface area contributed by atoms with E-state index >= 15 is 0 Å². The Kier molecular flexibility index (Phi) is 4.61. The van der Waals surface area contributed by atoms with Crippen LogP contribution in [0.5, 0.6) is 0 Å². The normalized spacial score (nSPS) is 11.5. The summed E-state index contributed by atoms with van der Waals surface area (Å²) in [7, 11) is 0. The van der Waals surface area contributed by atoms with Crippen molar-refractivity contribution in [3.05, 3.63) is 22.8 Å². The van der Waals surface area contributed by atoms with Gasteiger partial charge in [-0.05, 0) is 6.07 Å². The van der Waals surface area contributed by atoms with Crippen LogP contribution in [0.15, 0.2) is 17.3 Å². The van der Waals surface area contributed by atoms with Crippen molar-refractivity contribution in [1.82, 2.24) is 4.98 Å². The van der Waals surface area contributed by atoms with Crippen molar-refractivity contribution < 1.29 is 18.0 Å². The van der Waals surface area contributed by atoms with Crippen LogP contribution in [0, 0.1) is 0 Å². The number of carbonyl (C=O) groups is 1. The number of carbonyl (C=O) groups excluding carboxylic acids is 1. The monoisotopic (exact) mass is 269 g/mol. The van der Waals surface area contributed by atoms with Gasteiger partial charge in [0.25, 0.3) is 0 Å². The second-order valence-corrected chi connectivity index (χ2v) is 4.30. The fourth-order valence-corrected chi connectivity index (χ4v) is 1.95. The molecule has 0 unspecified atom stereocenters. The van der Waals surface area contributed by atoms with Crippen LogP contribution >= 0.6 is 23.4 Å². The first-order valence-corrected chi connectivity index (χ1v) is 5.60. The van der Waals surface area contributed by atoms with Gasteiger partial charge >= 0.3 is 6.18 Å². The van der Waals surface area contributed by atoms with Crippen LogP contribution in [0.3, 0.4) is 0 Å². The molecule has 0 amide bonds. The Bertz CT molecular complexity index is 384. The molecule has 0 aromatic carbocycles. The Labute approximate surface area is 99.2 Å². The Morgan fingerprint density at radius 3 is 2.69 bits per heavy atom. The number of aromatic nitrogens is 1. The van der Waals surface area contributed by atoms with Crippen molar-refractivity contribution in [1.29, 1.82) is 0 Å². The lowest BCUT2D eigenvalue weighted by atomic mass is 10.3. The molecular weight excluding hydrogens is 263 g/mol. The first-order chi connectivity index (χ1) is 7.45. The minimum absolute atomic E-state index is 0.0503. The van der Waals surface area contributed by atoms with Crippen molar-refractivity contribution in [3.8, 4) is 0 Å². The predicted octanol–water partition coefficient (Wildman–Crippen LogP) is 3.43. The largest absolute Gasteiger partial charge is 0.417 e. The molecule has 0 saturated carbocycles. The van der Waals surface area contributed by atoms with Crippen LogP contribution in [0.4, 0.5) is 13.2 Å². The van der Waals surface area contributed by atoms with E-state index in [0.29, 0.717) is 17.2 Å². The van der Waals surface area contributed by atoms with Crippen molar-refractivity contribution in [2.24, 2.45) is 0 Å². The van der Waals surface area contributed by atoms with E-state index < -0.39 is 11.7 Å². The highest BCUT2D eigenvalue weighted by Crippen LogP contribution is 2.33. The third-order valence-electron chi connectivity index (χ3n) is 1.61. The van der Waals surface area contributed by atoms with Gasteiger partial charge in [0, 0.05) is 18.4 Å². The summed E-state index contributed by atoms with van der Waals surface area (Å²) in [5.74, 6) is 0.446. The highest BCUT2D eigenvalue weighted by Gasteiger charge is 2.31. The molecule has 0 fully saturated rings. The molecular formula is C9H7ClF3NOS. The van der Waals surface area contributed by atoms with Gasteiger partial charge < -0.3 is 4.79 Å². The number of aldehydes is 1. The van der Waals surface area contributed by atoms with E-state index in [9.17, 15) is 18.0 Å². The molecule has 1 aromatic heterocycles. The number of thioether (sulfide) groups is 1. The molecule has 0 saturated heterocycles. The summed E-state index contributed by atoms with van der Waals surface area (Å²) in [6.07, 6.45) is -2.67. The molecule has 1 heterocycles. The summed E-state index contributed by atoms with van der Waals surface area (Å²) < 4.78 is 36.8. The summed E-state index contributed by atoms with van der Waals surface area (Å²) in [6.45, 7) is 0. The Morgan fingerprint density at radius 1 is 1.50 bits per heavy atom. The van der Waals surface area contributed by atoms with E-state index in [2.05, 4.69) is 4.98 Å². The summed E-state index contributed by atoms with van der Waals surface area (Å²) >= 11 is 6.79. The van der Waals surface area contributed by atoms with Crippen LogP contribution in [-0.4, -0.2) is 17.0 Å². The minimum Gasteiger partial charge on any atom is -0.303 e. The number of nitrogens with zero attached hydrogens (tertiary/aromatic N) is 1. The summed E-state index contributed by atoms with van der Waals surface area (Å²) in [6, 6.07) is 0.831. The van der Waals surface area contributed by atoms with E-state index in [1.807, 2.05) is 0 Å². The van der Waals surface area contributed by atoms with Crippen LogP contribution < -0.4 is 0 Å². The maximum atomic E-state index is 12.3. The molecule has 0 aliphatic heterocycles. The number of hydrogen-bond donors (Lipinski definition) is 0. The zero-order valence-electron chi connectivity index (χ0n) is 7.92. The minimum atomic E-state index is -4.44. The van der Waals surface area contributed by atoms with Crippen LogP contribution in [-0.2, 0) is 11.0 Å². The van der Waals surface area contributed by atoms with Gasteiger partial charge in [0.2, 0.25) is 0 Å². The lowest BCUT2D eigenvalue weighted by Crippen LogP contribution is -2.05. The molecule has 16 heavy (non-hydrogen) atoms. The molecule has 0 radical (unpaired) electrons. The predicted molar refractivity (Wildman–Crippen MR) is 55.7 cm³/mol. The standard InChI is InChI=1S/C9H7ClF3NOS/c10-7-4-6(9(11,12)13)5-14-8(7)16-3-1-2-15/h2,4-5H,1,3H2. The lowest BCUT2D eigenvalue weighted by molar-refractivity contribution is -0.137. The fraction of sp³-hybridized carbons (Fsp3) is 0.333. The molecule has 88 valence electrons. The van der Waals surface area contributed by atoms with Gasteiger partial charge in [0.05, 0.1) is 10.6 Å². The second kappa shape index (κ2) is 5.54. The molecule has 0 spiro atoms. The van der Waals surface area contributed by atoms with E-state index in [0.717, 1.165) is 30.3 Å². The Hall–Kier alpha value is -0.750. The molecule has 1 aromatic rings. The number of halogens is 4. The average Bonchev–Trinajstić information content (AvgIpc) is 2.19. The van der Waals surface area contributed by atoms with Gasteiger partial charge in [-0.25, -0.2) is 4.98 Å². The zero-order valence-corrected chi connectivity index (χ0v) is 9.49. The van der Waals surface area contributed by atoms with E-state index in [1.165, 1.54) is 0 Å². The molecule has 7 heteroatoms. The topological polar surface area (TPSA) is 30.0 Å². The zero-order chi connectivity index (χ0) is 12.2. The maximum Gasteiger partial charge on any atom is 0.417 e. The van der Waals surface area contributed by atoms with Gasteiger partial charge in [-0.3, -0.25) is 0 Å². The third kappa shape index (κ3) is 3.68. The summed E-state index contributed by atoms with van der Waals surface area (Å²) in [5, 5.41) is 0.252. The first-order valence-electron chi connectivity index (χ1n) is 4.24. The number of rotatable bonds is 4. The van der Waals surface area contributed by atoms with Crippen LogP contribution in [0.1, 0.15) is 12.0 Å². The molecule has 0 atom stereocenters. The lowest BCUT2D eigenvalue weighted by Gasteiger charge is -2.08. The van der Waals surface area contributed by atoms with Gasteiger partial charge in [0.1, 0.15) is 11.3 Å². The van der Waals surface area contributed by atoms with Crippen molar-refractivity contribution in [2.75, 3.05) is 5.75 Å². The second-order valence-electron chi connectivity index (χ2n) is 2.81. The van der Waals surface area contributed by atoms with Crippen LogP contribution in [0.2, 0.25) is 5.02 Å². The van der Waals surface area contributed by atoms with Crippen molar-refractivity contribution in [2.45, 2.75) is 17.6 Å². The van der Waals surface area contributed by atoms with E-state index in [4.69, 9.17) is 11.6 Å². The molecule has 1 rings (SSSR count). The van der Waals surface area contributed by atoms with Gasteiger partial charge in [-0.1, -0.05) is 11.6 Å². The number of pyridine rings is 1. The molecule has 0 bridgehead atoms. The van der Waals surface area contributed by atoms with Gasteiger partial charge in [-0.2, -0.15) is 13.2 Å². The quantitative estimate of drug-likeness (QED) is 0.476. The Balaban J connectivity index is 2.79. The molecule has 0 N–H and O–H groups in total. The molecule has 2 nitrogen and oxygen atoms in total. The summed E-state index contributed by atoms with van der Waals surface area (Å²) in [5.41, 5.74) is -0.878. The van der Waals surface area contributed by atoms with Crippen molar-refractivity contribution in [3.63, 3.8) is 0 Å². The van der Waals surface area contributed by atoms with Gasteiger partial charge in [0.15, 0.2) is 0 Å². The highest BCUT2D eigenvalue weighted by atomic mass is 35.5. The highest BCUT2D eigenvalue weighted by molar-refractivity contribution is 7.99. The molecule has 0 aliphatic carbocycles. The maximum absolute atomic E-state index is 12.3. The fourth-order valence-electron chi connectivity index (χ4n) is 0.890.